The molecule has 1 aromatic heterocycles. The highest BCUT2D eigenvalue weighted by molar-refractivity contribution is 6.18. The predicted molar refractivity (Wildman–Crippen MR) is 131 cm³/mol. The lowest BCUT2D eigenvalue weighted by atomic mass is 10.0. The van der Waals surface area contributed by atoms with E-state index in [-0.39, 0.29) is 30.3 Å². The monoisotopic (exact) mass is 450 g/mol. The summed E-state index contributed by atoms with van der Waals surface area (Å²) in [6.07, 6.45) is 2.44. The van der Waals surface area contributed by atoms with Crippen LogP contribution in [-0.4, -0.2) is 28.1 Å². The average Bonchev–Trinajstić information content (AvgIpc) is 3.62. The van der Waals surface area contributed by atoms with Gasteiger partial charge in [-0.25, -0.2) is 5.43 Å². The molecule has 0 bridgehead atoms. The number of nitrogens with zero attached hydrogens (tertiary/aromatic N) is 1. The van der Waals surface area contributed by atoms with E-state index in [1.54, 1.807) is 12.3 Å². The molecule has 0 saturated heterocycles. The van der Waals surface area contributed by atoms with E-state index in [1.807, 2.05) is 48.5 Å². The molecule has 2 aliphatic rings. The van der Waals surface area contributed by atoms with E-state index in [0.29, 0.717) is 11.3 Å². The average molecular weight is 450 g/mol. The molecule has 7 heteroatoms. The molecule has 34 heavy (non-hydrogen) atoms. The standard InChI is InChI=1S/C27H22N4O3/c32-14-15-5-4-8-17(9-15)25-22-13-28-31-27(34)21-10-18(11-23(30-25)24(21)22)29-26(33)20-12-19(20)16-6-2-1-3-7-16/h1-11,13,19-20,30,32H,12,14H2,(H,29,33)(H,31,34). The highest BCUT2D eigenvalue weighted by Gasteiger charge is 2.43. The largest absolute Gasteiger partial charge is 0.392 e. The SMILES string of the molecule is O=C1NN=Cc2c(-c3cccc(CO)c3)[nH]c3cc(NC(=O)C4CC4c4ccccc4)cc1c23. The van der Waals surface area contributed by atoms with Crippen LogP contribution in [0.25, 0.3) is 22.2 Å². The topological polar surface area (TPSA) is 107 Å². The summed E-state index contributed by atoms with van der Waals surface area (Å²) in [6.45, 7) is -0.0654. The van der Waals surface area contributed by atoms with Gasteiger partial charge in [-0.3, -0.25) is 9.59 Å². The second-order valence-corrected chi connectivity index (χ2v) is 8.77. The molecule has 4 N–H and O–H groups in total. The van der Waals surface area contributed by atoms with Crippen molar-refractivity contribution in [2.45, 2.75) is 18.9 Å². The number of H-pyrrole nitrogens is 1. The first-order chi connectivity index (χ1) is 16.6. The molecular formula is C27H22N4O3. The maximum atomic E-state index is 13.0. The summed E-state index contributed by atoms with van der Waals surface area (Å²) in [6, 6.07) is 21.2. The van der Waals surface area contributed by atoms with Crippen LogP contribution in [0.1, 0.15) is 39.4 Å². The Morgan fingerprint density at radius 3 is 2.76 bits per heavy atom. The molecule has 4 aromatic rings. The lowest BCUT2D eigenvalue weighted by Crippen LogP contribution is -2.18. The van der Waals surface area contributed by atoms with Crippen LogP contribution in [0.4, 0.5) is 5.69 Å². The van der Waals surface area contributed by atoms with Crippen molar-refractivity contribution in [3.63, 3.8) is 0 Å². The first-order valence-electron chi connectivity index (χ1n) is 11.2. The molecular weight excluding hydrogens is 428 g/mol. The number of hydrazone groups is 1. The number of carbonyl (C=O) groups excluding carboxylic acids is 2. The summed E-state index contributed by atoms with van der Waals surface area (Å²) in [5.41, 5.74) is 8.68. The van der Waals surface area contributed by atoms with E-state index < -0.39 is 0 Å². The Balaban J connectivity index is 1.37. The molecule has 7 nitrogen and oxygen atoms in total. The van der Waals surface area contributed by atoms with Crippen LogP contribution in [0.5, 0.6) is 0 Å². The van der Waals surface area contributed by atoms with Crippen LogP contribution < -0.4 is 10.7 Å². The fourth-order valence-corrected chi connectivity index (χ4v) is 4.80. The van der Waals surface area contributed by atoms with Crippen LogP contribution in [0.15, 0.2) is 71.8 Å². The fraction of sp³-hybridized carbons (Fsp3) is 0.148. The van der Waals surface area contributed by atoms with Gasteiger partial charge >= 0.3 is 0 Å². The van der Waals surface area contributed by atoms with Gasteiger partial charge in [0.05, 0.1) is 24.1 Å². The van der Waals surface area contributed by atoms with Crippen LogP contribution in [0.2, 0.25) is 0 Å². The second-order valence-electron chi connectivity index (χ2n) is 8.77. The smallest absolute Gasteiger partial charge is 0.272 e. The number of carbonyl (C=O) groups is 2. The Bertz CT molecular complexity index is 1470. The molecule has 6 rings (SSSR count). The number of aliphatic hydroxyl groups excluding tert-OH is 1. The fourth-order valence-electron chi connectivity index (χ4n) is 4.80. The summed E-state index contributed by atoms with van der Waals surface area (Å²) in [4.78, 5) is 29.1. The van der Waals surface area contributed by atoms with Gasteiger partial charge in [-0.15, -0.1) is 0 Å². The van der Waals surface area contributed by atoms with E-state index in [2.05, 4.69) is 33.0 Å². The van der Waals surface area contributed by atoms with E-state index in [0.717, 1.165) is 39.7 Å². The van der Waals surface area contributed by atoms with Crippen molar-refractivity contribution in [2.24, 2.45) is 11.0 Å². The minimum Gasteiger partial charge on any atom is -0.392 e. The summed E-state index contributed by atoms with van der Waals surface area (Å²) in [7, 11) is 0. The zero-order chi connectivity index (χ0) is 23.2. The number of aliphatic hydroxyl groups is 1. The molecule has 3 aromatic carbocycles. The minimum absolute atomic E-state index is 0.0478. The summed E-state index contributed by atoms with van der Waals surface area (Å²) in [5.74, 6) is -0.233. The quantitative estimate of drug-likeness (QED) is 0.367. The molecule has 168 valence electrons. The van der Waals surface area contributed by atoms with Crippen molar-refractivity contribution in [3.8, 4) is 11.3 Å². The summed E-state index contributed by atoms with van der Waals surface area (Å²) < 4.78 is 0. The number of anilines is 1. The normalized spacial score (nSPS) is 18.4. The Morgan fingerprint density at radius 1 is 1.09 bits per heavy atom. The Hall–Kier alpha value is -4.23. The highest BCUT2D eigenvalue weighted by atomic mass is 16.3. The zero-order valence-electron chi connectivity index (χ0n) is 18.2. The lowest BCUT2D eigenvalue weighted by Gasteiger charge is -2.08. The molecule has 2 amide bonds. The molecule has 1 saturated carbocycles. The molecule has 2 heterocycles. The van der Waals surface area contributed by atoms with E-state index in [9.17, 15) is 14.7 Å². The van der Waals surface area contributed by atoms with Crippen molar-refractivity contribution in [1.82, 2.24) is 10.4 Å². The molecule has 0 spiro atoms. The van der Waals surface area contributed by atoms with Gasteiger partial charge in [0.1, 0.15) is 0 Å². The number of benzene rings is 3. The van der Waals surface area contributed by atoms with Crippen LogP contribution in [0.3, 0.4) is 0 Å². The number of hydrogen-bond donors (Lipinski definition) is 4. The van der Waals surface area contributed by atoms with Crippen molar-refractivity contribution < 1.29 is 14.7 Å². The number of nitrogens with one attached hydrogen (secondary N) is 3. The molecule has 1 fully saturated rings. The van der Waals surface area contributed by atoms with Gasteiger partial charge in [-0.05, 0) is 47.2 Å². The van der Waals surface area contributed by atoms with Gasteiger partial charge in [-0.1, -0.05) is 48.5 Å². The van der Waals surface area contributed by atoms with Gasteiger partial charge < -0.3 is 15.4 Å². The van der Waals surface area contributed by atoms with Gasteiger partial charge in [0.25, 0.3) is 5.91 Å². The number of rotatable bonds is 5. The van der Waals surface area contributed by atoms with E-state index in [1.165, 1.54) is 5.56 Å². The molecule has 2 atom stereocenters. The van der Waals surface area contributed by atoms with Gasteiger partial charge in [0, 0.05) is 28.1 Å². The third-order valence-corrected chi connectivity index (χ3v) is 6.56. The Kier molecular flexibility index (Phi) is 4.78. The van der Waals surface area contributed by atoms with Gasteiger partial charge in [0.2, 0.25) is 5.91 Å². The zero-order valence-corrected chi connectivity index (χ0v) is 18.2. The lowest BCUT2D eigenvalue weighted by molar-refractivity contribution is -0.117. The maximum absolute atomic E-state index is 13.0. The first-order valence-corrected chi connectivity index (χ1v) is 11.2. The predicted octanol–water partition coefficient (Wildman–Crippen LogP) is 4.15. The third kappa shape index (κ3) is 3.47. The number of aromatic nitrogens is 1. The second kappa shape index (κ2) is 7.97. The van der Waals surface area contributed by atoms with Crippen LogP contribution in [-0.2, 0) is 11.4 Å². The summed E-state index contributed by atoms with van der Waals surface area (Å²) in [5, 5.41) is 17.4. The summed E-state index contributed by atoms with van der Waals surface area (Å²) >= 11 is 0. The van der Waals surface area contributed by atoms with Crippen LogP contribution in [0, 0.1) is 5.92 Å². The Morgan fingerprint density at radius 2 is 1.94 bits per heavy atom. The highest BCUT2D eigenvalue weighted by Crippen LogP contribution is 2.48. The Labute approximate surface area is 195 Å². The molecule has 1 aliphatic heterocycles. The van der Waals surface area contributed by atoms with Crippen molar-refractivity contribution in [2.75, 3.05) is 5.32 Å². The van der Waals surface area contributed by atoms with E-state index >= 15 is 0 Å². The van der Waals surface area contributed by atoms with Gasteiger partial charge in [-0.2, -0.15) is 5.10 Å². The van der Waals surface area contributed by atoms with Crippen molar-refractivity contribution >= 4 is 34.6 Å². The number of aromatic amines is 1. The number of hydrogen-bond acceptors (Lipinski definition) is 4. The third-order valence-electron chi connectivity index (χ3n) is 6.56. The number of amides is 2. The van der Waals surface area contributed by atoms with E-state index in [4.69, 9.17) is 0 Å². The van der Waals surface area contributed by atoms with Crippen molar-refractivity contribution in [1.29, 1.82) is 0 Å². The maximum Gasteiger partial charge on any atom is 0.272 e. The minimum atomic E-state index is -0.334. The van der Waals surface area contributed by atoms with Crippen molar-refractivity contribution in [3.05, 3.63) is 89.0 Å². The van der Waals surface area contributed by atoms with Crippen LogP contribution >= 0.6 is 0 Å². The molecule has 1 aliphatic carbocycles. The molecule has 0 radical (unpaired) electrons. The molecule has 2 unspecified atom stereocenters. The van der Waals surface area contributed by atoms with Gasteiger partial charge in [0.15, 0.2) is 0 Å². The first kappa shape index (κ1) is 20.4.